The van der Waals surface area contributed by atoms with Crippen LogP contribution in [0.5, 0.6) is 0 Å². The highest BCUT2D eigenvalue weighted by Gasteiger charge is 2.15. The second-order valence-electron chi connectivity index (χ2n) is 4.52. The summed E-state index contributed by atoms with van der Waals surface area (Å²) in [6.45, 7) is 4.00. The molecule has 0 bridgehead atoms. The van der Waals surface area contributed by atoms with E-state index in [9.17, 15) is 4.79 Å². The fourth-order valence-corrected chi connectivity index (χ4v) is 1.79. The Labute approximate surface area is 105 Å². The van der Waals surface area contributed by atoms with Gasteiger partial charge in [-0.3, -0.25) is 9.48 Å². The molecule has 0 spiro atoms. The minimum atomic E-state index is -0.187. The van der Waals surface area contributed by atoms with Gasteiger partial charge in [0.25, 0.3) is 5.91 Å². The number of rotatable bonds is 3. The van der Waals surface area contributed by atoms with Crippen molar-refractivity contribution < 1.29 is 4.79 Å². The number of nitrogens with two attached hydrogens (primary N) is 1. The van der Waals surface area contributed by atoms with Gasteiger partial charge >= 0.3 is 0 Å². The van der Waals surface area contributed by atoms with Crippen molar-refractivity contribution in [1.82, 2.24) is 14.3 Å². The fraction of sp³-hybridized carbons (Fsp3) is 0.333. The molecule has 0 aliphatic heterocycles. The highest BCUT2D eigenvalue weighted by molar-refractivity contribution is 6.03. The van der Waals surface area contributed by atoms with E-state index in [2.05, 4.69) is 10.4 Å². The first-order valence-electron chi connectivity index (χ1n) is 5.74. The molecule has 6 nitrogen and oxygen atoms in total. The zero-order chi connectivity index (χ0) is 13.3. The summed E-state index contributed by atoms with van der Waals surface area (Å²) in [7, 11) is 1.80. The molecule has 0 atom stereocenters. The molecular weight excluding hydrogens is 230 g/mol. The second kappa shape index (κ2) is 4.56. The van der Waals surface area contributed by atoms with Crippen molar-refractivity contribution in [2.45, 2.75) is 19.9 Å². The van der Waals surface area contributed by atoms with Crippen molar-refractivity contribution in [2.75, 3.05) is 11.1 Å². The molecule has 2 aromatic rings. The van der Waals surface area contributed by atoms with E-state index >= 15 is 0 Å². The Morgan fingerprint density at radius 3 is 2.72 bits per heavy atom. The summed E-state index contributed by atoms with van der Waals surface area (Å²) in [6, 6.07) is 1.85. The van der Waals surface area contributed by atoms with Crippen LogP contribution in [0.15, 0.2) is 24.7 Å². The number of nitrogen functional groups attached to an aromatic ring is 1. The predicted octanol–water partition coefficient (Wildman–Crippen LogP) is 1.64. The average Bonchev–Trinajstić information content (AvgIpc) is 2.85. The van der Waals surface area contributed by atoms with Crippen LogP contribution in [-0.2, 0) is 7.05 Å². The molecule has 0 aliphatic carbocycles. The van der Waals surface area contributed by atoms with Crippen molar-refractivity contribution in [3.63, 3.8) is 0 Å². The predicted molar refractivity (Wildman–Crippen MR) is 70.4 cm³/mol. The van der Waals surface area contributed by atoms with Gasteiger partial charge in [0.05, 0.1) is 17.6 Å². The van der Waals surface area contributed by atoms with Crippen LogP contribution in [0.2, 0.25) is 0 Å². The highest BCUT2D eigenvalue weighted by atomic mass is 16.2. The SMILES string of the molecule is CC(C)n1cc(N)cc1C(=O)Nc1cnn(C)c1. The third-order valence-corrected chi connectivity index (χ3v) is 2.62. The molecule has 0 aromatic carbocycles. The number of anilines is 2. The zero-order valence-electron chi connectivity index (χ0n) is 10.7. The van der Waals surface area contributed by atoms with E-state index in [4.69, 9.17) is 5.73 Å². The highest BCUT2D eigenvalue weighted by Crippen LogP contribution is 2.17. The third-order valence-electron chi connectivity index (χ3n) is 2.62. The van der Waals surface area contributed by atoms with Crippen LogP contribution >= 0.6 is 0 Å². The lowest BCUT2D eigenvalue weighted by Crippen LogP contribution is -2.17. The number of hydrogen-bond acceptors (Lipinski definition) is 3. The molecule has 2 rings (SSSR count). The standard InChI is InChI=1S/C12H17N5O/c1-8(2)17-6-9(13)4-11(17)12(18)15-10-5-14-16(3)7-10/h4-8H,13H2,1-3H3,(H,15,18). The van der Waals surface area contributed by atoms with Gasteiger partial charge in [-0.15, -0.1) is 0 Å². The summed E-state index contributed by atoms with van der Waals surface area (Å²) in [6.07, 6.45) is 5.11. The Morgan fingerprint density at radius 1 is 1.44 bits per heavy atom. The zero-order valence-corrected chi connectivity index (χ0v) is 10.7. The maximum Gasteiger partial charge on any atom is 0.272 e. The van der Waals surface area contributed by atoms with Crippen LogP contribution in [0.1, 0.15) is 30.4 Å². The Balaban J connectivity index is 2.23. The van der Waals surface area contributed by atoms with Gasteiger partial charge in [-0.25, -0.2) is 0 Å². The number of hydrogen-bond donors (Lipinski definition) is 2. The lowest BCUT2D eigenvalue weighted by molar-refractivity contribution is 0.101. The van der Waals surface area contributed by atoms with Crippen LogP contribution in [0.25, 0.3) is 0 Å². The molecule has 2 heterocycles. The van der Waals surface area contributed by atoms with E-state index < -0.39 is 0 Å². The summed E-state index contributed by atoms with van der Waals surface area (Å²) in [5.74, 6) is -0.187. The average molecular weight is 247 g/mol. The van der Waals surface area contributed by atoms with E-state index in [1.54, 1.807) is 36.4 Å². The van der Waals surface area contributed by atoms with Gasteiger partial charge in [0.2, 0.25) is 0 Å². The van der Waals surface area contributed by atoms with Gasteiger partial charge in [0, 0.05) is 25.5 Å². The molecule has 6 heteroatoms. The Bertz CT molecular complexity index is 567. The number of aromatic nitrogens is 3. The Hall–Kier alpha value is -2.24. The largest absolute Gasteiger partial charge is 0.397 e. The molecule has 18 heavy (non-hydrogen) atoms. The Kier molecular flexibility index (Phi) is 3.10. The Morgan fingerprint density at radius 2 is 2.17 bits per heavy atom. The van der Waals surface area contributed by atoms with Gasteiger partial charge in [-0.2, -0.15) is 5.10 Å². The number of carbonyl (C=O) groups excluding carboxylic acids is 1. The van der Waals surface area contributed by atoms with E-state index in [0.29, 0.717) is 17.1 Å². The van der Waals surface area contributed by atoms with Crippen LogP contribution in [-0.4, -0.2) is 20.3 Å². The van der Waals surface area contributed by atoms with E-state index in [1.165, 1.54) is 0 Å². The summed E-state index contributed by atoms with van der Waals surface area (Å²) in [4.78, 5) is 12.1. The molecule has 3 N–H and O–H groups in total. The molecule has 0 radical (unpaired) electrons. The van der Waals surface area contributed by atoms with Gasteiger partial charge in [-0.05, 0) is 19.9 Å². The van der Waals surface area contributed by atoms with Crippen molar-refractivity contribution in [2.24, 2.45) is 7.05 Å². The lowest BCUT2D eigenvalue weighted by Gasteiger charge is -2.11. The first-order chi connectivity index (χ1) is 8.47. The van der Waals surface area contributed by atoms with Crippen molar-refractivity contribution >= 4 is 17.3 Å². The number of nitrogens with one attached hydrogen (secondary N) is 1. The van der Waals surface area contributed by atoms with Crippen LogP contribution in [0.4, 0.5) is 11.4 Å². The normalized spacial score (nSPS) is 10.9. The molecule has 0 saturated heterocycles. The van der Waals surface area contributed by atoms with E-state index in [1.807, 2.05) is 18.4 Å². The quantitative estimate of drug-likeness (QED) is 0.865. The maximum absolute atomic E-state index is 12.1. The van der Waals surface area contributed by atoms with Crippen molar-refractivity contribution in [1.29, 1.82) is 0 Å². The first-order valence-corrected chi connectivity index (χ1v) is 5.74. The molecule has 0 aliphatic rings. The molecule has 1 amide bonds. The fourth-order valence-electron chi connectivity index (χ4n) is 1.79. The van der Waals surface area contributed by atoms with E-state index in [0.717, 1.165) is 0 Å². The van der Waals surface area contributed by atoms with Gasteiger partial charge in [0.15, 0.2) is 0 Å². The monoisotopic (exact) mass is 247 g/mol. The minimum Gasteiger partial charge on any atom is -0.397 e. The number of aryl methyl sites for hydroxylation is 1. The molecular formula is C12H17N5O. The summed E-state index contributed by atoms with van der Waals surface area (Å²) in [5.41, 5.74) is 7.53. The van der Waals surface area contributed by atoms with Gasteiger partial charge in [0.1, 0.15) is 5.69 Å². The van der Waals surface area contributed by atoms with Crippen LogP contribution < -0.4 is 11.1 Å². The van der Waals surface area contributed by atoms with Gasteiger partial charge in [-0.1, -0.05) is 0 Å². The van der Waals surface area contributed by atoms with Crippen LogP contribution in [0.3, 0.4) is 0 Å². The molecule has 0 unspecified atom stereocenters. The third kappa shape index (κ3) is 2.37. The minimum absolute atomic E-state index is 0.178. The first kappa shape index (κ1) is 12.2. The molecule has 96 valence electrons. The molecule has 2 aromatic heterocycles. The summed E-state index contributed by atoms with van der Waals surface area (Å²) in [5, 5.41) is 6.79. The van der Waals surface area contributed by atoms with Crippen molar-refractivity contribution in [3.8, 4) is 0 Å². The van der Waals surface area contributed by atoms with Gasteiger partial charge < -0.3 is 15.6 Å². The number of nitrogens with zero attached hydrogens (tertiary/aromatic N) is 3. The summed E-state index contributed by atoms with van der Waals surface area (Å²) >= 11 is 0. The van der Waals surface area contributed by atoms with Crippen molar-refractivity contribution in [3.05, 3.63) is 30.4 Å². The second-order valence-corrected chi connectivity index (χ2v) is 4.52. The number of carbonyl (C=O) groups is 1. The van der Waals surface area contributed by atoms with E-state index in [-0.39, 0.29) is 11.9 Å². The number of amides is 1. The van der Waals surface area contributed by atoms with Crippen LogP contribution in [0, 0.1) is 0 Å². The molecule has 0 saturated carbocycles. The summed E-state index contributed by atoms with van der Waals surface area (Å²) < 4.78 is 3.48. The smallest absolute Gasteiger partial charge is 0.272 e. The molecule has 0 fully saturated rings. The lowest BCUT2D eigenvalue weighted by atomic mass is 10.3. The topological polar surface area (TPSA) is 77.9 Å². The maximum atomic E-state index is 12.1.